The minimum Gasteiger partial charge on any atom is -0.457 e. The predicted octanol–water partition coefficient (Wildman–Crippen LogP) is 4.96. The van der Waals surface area contributed by atoms with Gasteiger partial charge in [-0.3, -0.25) is 4.79 Å². The largest absolute Gasteiger partial charge is 0.457 e. The van der Waals surface area contributed by atoms with E-state index in [-0.39, 0.29) is 17.2 Å². The second-order valence-electron chi connectivity index (χ2n) is 6.65. The number of nitrogens with zero attached hydrogens (tertiary/aromatic N) is 1. The lowest BCUT2D eigenvalue weighted by atomic mass is 10.1. The SMILES string of the molecule is O=C(/C=C/c1ccc(-c2ccccc2F)o1)c1ccc(N2CCOCC2)c(F)c1. The van der Waals surface area contributed by atoms with Crippen LogP contribution in [0.4, 0.5) is 14.5 Å². The van der Waals surface area contributed by atoms with Gasteiger partial charge in [-0.1, -0.05) is 12.1 Å². The third-order valence-electron chi connectivity index (χ3n) is 4.75. The third kappa shape index (κ3) is 4.27. The molecule has 1 fully saturated rings. The van der Waals surface area contributed by atoms with Crippen molar-refractivity contribution in [1.29, 1.82) is 0 Å². The number of rotatable bonds is 5. The Morgan fingerprint density at radius 1 is 0.966 bits per heavy atom. The lowest BCUT2D eigenvalue weighted by molar-refractivity contribution is 0.104. The maximum atomic E-state index is 14.5. The number of carbonyl (C=O) groups excluding carboxylic acids is 1. The van der Waals surface area contributed by atoms with Gasteiger partial charge in [0.2, 0.25) is 0 Å². The smallest absolute Gasteiger partial charge is 0.186 e. The molecule has 1 aromatic heterocycles. The van der Waals surface area contributed by atoms with E-state index in [2.05, 4.69) is 0 Å². The van der Waals surface area contributed by atoms with E-state index in [4.69, 9.17) is 9.15 Å². The average molecular weight is 395 g/mol. The molecule has 148 valence electrons. The summed E-state index contributed by atoms with van der Waals surface area (Å²) in [5, 5.41) is 0. The van der Waals surface area contributed by atoms with Crippen molar-refractivity contribution in [1.82, 2.24) is 0 Å². The molecule has 0 aliphatic carbocycles. The fraction of sp³-hybridized carbons (Fsp3) is 0.174. The van der Waals surface area contributed by atoms with Gasteiger partial charge in [-0.25, -0.2) is 8.78 Å². The lowest BCUT2D eigenvalue weighted by Gasteiger charge is -2.29. The zero-order valence-corrected chi connectivity index (χ0v) is 15.6. The number of carbonyl (C=O) groups is 1. The van der Waals surface area contributed by atoms with E-state index in [0.29, 0.717) is 49.1 Å². The van der Waals surface area contributed by atoms with E-state index < -0.39 is 5.82 Å². The second kappa shape index (κ2) is 8.41. The second-order valence-corrected chi connectivity index (χ2v) is 6.65. The topological polar surface area (TPSA) is 42.7 Å². The number of furan rings is 1. The van der Waals surface area contributed by atoms with Crippen molar-refractivity contribution >= 4 is 17.5 Å². The Labute approximate surface area is 167 Å². The normalized spacial score (nSPS) is 14.5. The van der Waals surface area contributed by atoms with E-state index in [1.807, 2.05) is 4.90 Å². The molecule has 0 atom stereocenters. The van der Waals surface area contributed by atoms with Crippen molar-refractivity contribution in [2.75, 3.05) is 31.2 Å². The minimum atomic E-state index is -0.439. The molecule has 0 unspecified atom stereocenters. The molecule has 0 bridgehead atoms. The highest BCUT2D eigenvalue weighted by molar-refractivity contribution is 6.06. The van der Waals surface area contributed by atoms with E-state index in [9.17, 15) is 13.6 Å². The summed E-state index contributed by atoms with van der Waals surface area (Å²) in [6, 6.07) is 14.0. The van der Waals surface area contributed by atoms with Gasteiger partial charge in [-0.05, 0) is 54.6 Å². The molecule has 4 rings (SSSR count). The molecule has 0 amide bonds. The van der Waals surface area contributed by atoms with Gasteiger partial charge in [0.05, 0.1) is 24.5 Å². The van der Waals surface area contributed by atoms with Crippen molar-refractivity contribution in [2.45, 2.75) is 0 Å². The van der Waals surface area contributed by atoms with E-state index in [0.717, 1.165) is 0 Å². The van der Waals surface area contributed by atoms with Crippen LogP contribution in [0.25, 0.3) is 17.4 Å². The van der Waals surface area contributed by atoms with Crippen LogP contribution in [0.2, 0.25) is 0 Å². The Bertz CT molecular complexity index is 1050. The molecule has 1 saturated heterocycles. The summed E-state index contributed by atoms with van der Waals surface area (Å²) >= 11 is 0. The first-order chi connectivity index (χ1) is 14.1. The van der Waals surface area contributed by atoms with Gasteiger partial charge in [-0.2, -0.15) is 0 Å². The highest BCUT2D eigenvalue weighted by atomic mass is 19.1. The molecule has 4 nitrogen and oxygen atoms in total. The number of morpholine rings is 1. The molecule has 6 heteroatoms. The van der Waals surface area contributed by atoms with Gasteiger partial charge in [0.25, 0.3) is 0 Å². The van der Waals surface area contributed by atoms with Crippen LogP contribution in [0.3, 0.4) is 0 Å². The van der Waals surface area contributed by atoms with Gasteiger partial charge in [0, 0.05) is 18.7 Å². The maximum Gasteiger partial charge on any atom is 0.186 e. The van der Waals surface area contributed by atoms with Gasteiger partial charge in [0.15, 0.2) is 5.78 Å². The first-order valence-corrected chi connectivity index (χ1v) is 9.31. The van der Waals surface area contributed by atoms with Crippen LogP contribution in [0.15, 0.2) is 65.1 Å². The fourth-order valence-electron chi connectivity index (χ4n) is 3.22. The van der Waals surface area contributed by atoms with Crippen molar-refractivity contribution in [2.24, 2.45) is 0 Å². The quantitative estimate of drug-likeness (QED) is 0.453. The Kier molecular flexibility index (Phi) is 5.53. The average Bonchev–Trinajstić information content (AvgIpc) is 3.21. The number of allylic oxidation sites excluding steroid dienone is 1. The van der Waals surface area contributed by atoms with Gasteiger partial charge in [0.1, 0.15) is 23.2 Å². The number of ether oxygens (including phenoxy) is 1. The van der Waals surface area contributed by atoms with Crippen molar-refractivity contribution in [3.05, 3.63) is 83.6 Å². The third-order valence-corrected chi connectivity index (χ3v) is 4.75. The number of hydrogen-bond acceptors (Lipinski definition) is 4. The summed E-state index contributed by atoms with van der Waals surface area (Å²) in [7, 11) is 0. The molecule has 29 heavy (non-hydrogen) atoms. The molecule has 0 saturated carbocycles. The number of hydrogen-bond donors (Lipinski definition) is 0. The van der Waals surface area contributed by atoms with E-state index in [1.54, 1.807) is 42.5 Å². The number of ketones is 1. The van der Waals surface area contributed by atoms with Gasteiger partial charge < -0.3 is 14.1 Å². The standard InChI is InChI=1S/C23H19F2NO3/c24-19-4-2-1-3-18(19)23-10-7-17(29-23)6-9-22(27)16-5-8-21(20(25)15-16)26-11-13-28-14-12-26/h1-10,15H,11-14H2/b9-6+. The summed E-state index contributed by atoms with van der Waals surface area (Å²) in [5.74, 6) is -0.394. The zero-order valence-electron chi connectivity index (χ0n) is 15.6. The molecule has 0 spiro atoms. The number of anilines is 1. The van der Waals surface area contributed by atoms with Crippen LogP contribution in [-0.4, -0.2) is 32.1 Å². The van der Waals surface area contributed by atoms with Crippen LogP contribution < -0.4 is 4.90 Å². The van der Waals surface area contributed by atoms with E-state index >= 15 is 0 Å². The van der Waals surface area contributed by atoms with Crippen molar-refractivity contribution < 1.29 is 22.7 Å². The first kappa shape index (κ1) is 19.1. The predicted molar refractivity (Wildman–Crippen MR) is 107 cm³/mol. The summed E-state index contributed by atoms with van der Waals surface area (Å²) in [6.45, 7) is 2.35. The summed E-state index contributed by atoms with van der Waals surface area (Å²) in [6.07, 6.45) is 2.80. The Hall–Kier alpha value is -3.25. The molecule has 0 N–H and O–H groups in total. The van der Waals surface area contributed by atoms with Crippen LogP contribution in [-0.2, 0) is 4.74 Å². The zero-order chi connectivity index (χ0) is 20.2. The molecule has 1 aliphatic heterocycles. The molecule has 2 aromatic carbocycles. The number of halogens is 2. The Morgan fingerprint density at radius 2 is 1.76 bits per heavy atom. The van der Waals surface area contributed by atoms with Crippen molar-refractivity contribution in [3.8, 4) is 11.3 Å². The van der Waals surface area contributed by atoms with Crippen molar-refractivity contribution in [3.63, 3.8) is 0 Å². The van der Waals surface area contributed by atoms with Gasteiger partial charge in [-0.15, -0.1) is 0 Å². The van der Waals surface area contributed by atoms with Gasteiger partial charge >= 0.3 is 0 Å². The molecular weight excluding hydrogens is 376 g/mol. The summed E-state index contributed by atoms with van der Waals surface area (Å²) < 4.78 is 39.2. The first-order valence-electron chi connectivity index (χ1n) is 9.31. The highest BCUT2D eigenvalue weighted by Gasteiger charge is 2.16. The van der Waals surface area contributed by atoms with Crippen LogP contribution in [0.1, 0.15) is 16.1 Å². The Morgan fingerprint density at radius 3 is 2.52 bits per heavy atom. The molecule has 2 heterocycles. The molecule has 1 aliphatic rings. The van der Waals surface area contributed by atoms with Crippen LogP contribution in [0, 0.1) is 11.6 Å². The monoisotopic (exact) mass is 395 g/mol. The highest BCUT2D eigenvalue weighted by Crippen LogP contribution is 2.26. The van der Waals surface area contributed by atoms with Crippen LogP contribution >= 0.6 is 0 Å². The molecule has 3 aromatic rings. The van der Waals surface area contributed by atoms with E-state index in [1.165, 1.54) is 24.3 Å². The summed E-state index contributed by atoms with van der Waals surface area (Å²) in [5.41, 5.74) is 1.06. The van der Waals surface area contributed by atoms with Crippen LogP contribution in [0.5, 0.6) is 0 Å². The lowest BCUT2D eigenvalue weighted by Crippen LogP contribution is -2.36. The minimum absolute atomic E-state index is 0.247. The fourth-order valence-corrected chi connectivity index (χ4v) is 3.22. The molecular formula is C23H19F2NO3. The maximum absolute atomic E-state index is 14.5. The Balaban J connectivity index is 1.47. The summed E-state index contributed by atoms with van der Waals surface area (Å²) in [4.78, 5) is 14.3. The molecule has 0 radical (unpaired) electrons. The number of benzene rings is 2.